The Hall–Kier alpha value is -0.970. The summed E-state index contributed by atoms with van der Waals surface area (Å²) in [6, 6.07) is 6.92. The number of pyridine rings is 1. The van der Waals surface area contributed by atoms with Crippen LogP contribution in [0.15, 0.2) is 24.4 Å². The van der Waals surface area contributed by atoms with Crippen molar-refractivity contribution < 1.29 is 4.74 Å². The summed E-state index contributed by atoms with van der Waals surface area (Å²) >= 11 is 0. The molecule has 4 heterocycles. The van der Waals surface area contributed by atoms with Gasteiger partial charge in [0.25, 0.3) is 0 Å². The molecule has 0 unspecified atom stereocenters. The Morgan fingerprint density at radius 1 is 1.18 bits per heavy atom. The minimum Gasteiger partial charge on any atom is -0.380 e. The second kappa shape index (κ2) is 6.26. The Kier molecular flexibility index (Phi) is 4.16. The first-order valence-corrected chi connectivity index (χ1v) is 8.77. The zero-order valence-electron chi connectivity index (χ0n) is 13.4. The third-order valence-electron chi connectivity index (χ3n) is 5.92. The third-order valence-corrected chi connectivity index (χ3v) is 5.92. The van der Waals surface area contributed by atoms with Crippen molar-refractivity contribution in [1.29, 1.82) is 0 Å². The summed E-state index contributed by atoms with van der Waals surface area (Å²) in [5.41, 5.74) is 1.79. The molecule has 120 valence electrons. The van der Waals surface area contributed by atoms with E-state index in [2.05, 4.69) is 26.9 Å². The normalized spacial score (nSPS) is 29.4. The number of likely N-dealkylation sites (tertiary alicyclic amines) is 2. The predicted molar refractivity (Wildman–Crippen MR) is 86.6 cm³/mol. The second-order valence-electron chi connectivity index (χ2n) is 7.34. The van der Waals surface area contributed by atoms with Crippen LogP contribution in [0.1, 0.15) is 31.4 Å². The first kappa shape index (κ1) is 14.6. The number of hydrogen-bond acceptors (Lipinski definition) is 4. The second-order valence-corrected chi connectivity index (χ2v) is 7.34. The van der Waals surface area contributed by atoms with Crippen LogP contribution in [-0.2, 0) is 11.3 Å². The summed E-state index contributed by atoms with van der Waals surface area (Å²) in [6.07, 6.45) is 7.23. The number of rotatable bonds is 3. The lowest BCUT2D eigenvalue weighted by atomic mass is 9.77. The quantitative estimate of drug-likeness (QED) is 0.855. The fourth-order valence-electron chi connectivity index (χ4n) is 4.41. The molecule has 3 fully saturated rings. The highest BCUT2D eigenvalue weighted by atomic mass is 16.5. The van der Waals surface area contributed by atoms with Crippen molar-refractivity contribution in [2.45, 2.75) is 38.3 Å². The molecular weight excluding hydrogens is 274 g/mol. The van der Waals surface area contributed by atoms with Gasteiger partial charge < -0.3 is 4.74 Å². The van der Waals surface area contributed by atoms with Gasteiger partial charge in [0.15, 0.2) is 0 Å². The van der Waals surface area contributed by atoms with Crippen LogP contribution in [0.3, 0.4) is 0 Å². The summed E-state index contributed by atoms with van der Waals surface area (Å²) in [5.74, 6) is 0. The molecule has 0 amide bonds. The van der Waals surface area contributed by atoms with E-state index in [0.717, 1.165) is 19.8 Å². The molecule has 1 atom stereocenters. The van der Waals surface area contributed by atoms with Crippen LogP contribution in [0, 0.1) is 5.41 Å². The van der Waals surface area contributed by atoms with Gasteiger partial charge in [-0.3, -0.25) is 14.8 Å². The maximum Gasteiger partial charge on any atom is 0.0622 e. The molecule has 3 aliphatic heterocycles. The fraction of sp³-hybridized carbons (Fsp3) is 0.722. The third kappa shape index (κ3) is 3.05. The van der Waals surface area contributed by atoms with Crippen molar-refractivity contribution in [2.24, 2.45) is 5.41 Å². The van der Waals surface area contributed by atoms with Crippen LogP contribution in [0.2, 0.25) is 0 Å². The van der Waals surface area contributed by atoms with E-state index >= 15 is 0 Å². The maximum absolute atomic E-state index is 5.57. The maximum atomic E-state index is 5.57. The van der Waals surface area contributed by atoms with Crippen molar-refractivity contribution in [3.05, 3.63) is 30.1 Å². The van der Waals surface area contributed by atoms with E-state index in [9.17, 15) is 0 Å². The first-order chi connectivity index (χ1) is 10.8. The zero-order valence-corrected chi connectivity index (χ0v) is 13.4. The molecule has 1 aromatic heterocycles. The summed E-state index contributed by atoms with van der Waals surface area (Å²) in [4.78, 5) is 9.75. The molecule has 4 nitrogen and oxygen atoms in total. The molecule has 0 aliphatic carbocycles. The topological polar surface area (TPSA) is 28.6 Å². The minimum absolute atomic E-state index is 0.587. The predicted octanol–water partition coefficient (Wildman–Crippen LogP) is 2.16. The largest absolute Gasteiger partial charge is 0.380 e. The average Bonchev–Trinajstić information content (AvgIpc) is 3.21. The Balaban J connectivity index is 1.30. The Morgan fingerprint density at radius 2 is 2.05 bits per heavy atom. The van der Waals surface area contributed by atoms with Crippen LogP contribution >= 0.6 is 0 Å². The van der Waals surface area contributed by atoms with E-state index in [-0.39, 0.29) is 0 Å². The van der Waals surface area contributed by atoms with Gasteiger partial charge in [0, 0.05) is 31.9 Å². The Bertz CT molecular complexity index is 478. The summed E-state index contributed by atoms with van der Waals surface area (Å²) < 4.78 is 5.57. The van der Waals surface area contributed by atoms with Gasteiger partial charge >= 0.3 is 0 Å². The molecule has 0 aromatic carbocycles. The van der Waals surface area contributed by atoms with Crippen molar-refractivity contribution in [2.75, 3.05) is 39.4 Å². The molecule has 0 bridgehead atoms. The number of aromatic nitrogens is 1. The molecule has 0 N–H and O–H groups in total. The molecule has 22 heavy (non-hydrogen) atoms. The van der Waals surface area contributed by atoms with Crippen molar-refractivity contribution in [3.63, 3.8) is 0 Å². The highest BCUT2D eigenvalue weighted by Crippen LogP contribution is 2.41. The molecule has 1 aromatic rings. The van der Waals surface area contributed by atoms with E-state index in [1.165, 1.54) is 57.6 Å². The van der Waals surface area contributed by atoms with E-state index < -0.39 is 0 Å². The molecule has 3 saturated heterocycles. The summed E-state index contributed by atoms with van der Waals surface area (Å²) in [5, 5.41) is 0. The lowest BCUT2D eigenvalue weighted by Gasteiger charge is -2.39. The molecule has 1 spiro atoms. The molecule has 4 heteroatoms. The van der Waals surface area contributed by atoms with E-state index in [4.69, 9.17) is 4.74 Å². The van der Waals surface area contributed by atoms with Crippen LogP contribution < -0.4 is 0 Å². The van der Waals surface area contributed by atoms with Crippen LogP contribution in [0.4, 0.5) is 0 Å². The number of ether oxygens (including phenoxy) is 1. The van der Waals surface area contributed by atoms with Gasteiger partial charge in [-0.15, -0.1) is 0 Å². The SMILES string of the molecule is c1ccc(CN2CCC3(CC2)CCN([C@@H]2CCOC2)C3)nc1. The molecule has 0 saturated carbocycles. The van der Waals surface area contributed by atoms with E-state index in [1.54, 1.807) is 0 Å². The monoisotopic (exact) mass is 301 g/mol. The zero-order chi connectivity index (χ0) is 14.8. The lowest BCUT2D eigenvalue weighted by molar-refractivity contribution is 0.0918. The minimum atomic E-state index is 0.587. The summed E-state index contributed by atoms with van der Waals surface area (Å²) in [6.45, 7) is 7.98. The highest BCUT2D eigenvalue weighted by Gasteiger charge is 2.42. The Labute approximate surface area is 133 Å². The first-order valence-electron chi connectivity index (χ1n) is 8.77. The molecule has 4 rings (SSSR count). The van der Waals surface area contributed by atoms with E-state index in [0.29, 0.717) is 11.5 Å². The molecular formula is C18H27N3O. The van der Waals surface area contributed by atoms with Crippen molar-refractivity contribution >= 4 is 0 Å². The smallest absolute Gasteiger partial charge is 0.0622 e. The molecule has 0 radical (unpaired) electrons. The van der Waals surface area contributed by atoms with Crippen molar-refractivity contribution in [3.8, 4) is 0 Å². The standard InChI is InChI=1S/C18H27N3O/c1-2-8-19-16(3-1)13-20-9-5-18(6-10-20)7-11-21(15-18)17-4-12-22-14-17/h1-3,8,17H,4-7,9-15H2/t17-/m1/s1. The Morgan fingerprint density at radius 3 is 2.77 bits per heavy atom. The number of piperidine rings is 1. The highest BCUT2D eigenvalue weighted by molar-refractivity contribution is 5.04. The van der Waals surface area contributed by atoms with Gasteiger partial charge in [0.1, 0.15) is 0 Å². The lowest BCUT2D eigenvalue weighted by Crippen LogP contribution is -2.42. The average molecular weight is 301 g/mol. The van der Waals surface area contributed by atoms with Gasteiger partial charge in [-0.1, -0.05) is 6.07 Å². The van der Waals surface area contributed by atoms with Gasteiger partial charge in [0.05, 0.1) is 12.3 Å². The van der Waals surface area contributed by atoms with Gasteiger partial charge in [-0.2, -0.15) is 0 Å². The van der Waals surface area contributed by atoms with Crippen molar-refractivity contribution in [1.82, 2.24) is 14.8 Å². The number of hydrogen-bond donors (Lipinski definition) is 0. The van der Waals surface area contributed by atoms with E-state index in [1.807, 2.05) is 12.3 Å². The van der Waals surface area contributed by atoms with Crippen LogP contribution in [-0.4, -0.2) is 60.2 Å². The van der Waals surface area contributed by atoms with Gasteiger partial charge in [-0.25, -0.2) is 0 Å². The van der Waals surface area contributed by atoms with Gasteiger partial charge in [-0.05, 0) is 62.9 Å². The fourth-order valence-corrected chi connectivity index (χ4v) is 4.41. The van der Waals surface area contributed by atoms with Crippen LogP contribution in [0.25, 0.3) is 0 Å². The molecule has 3 aliphatic rings. The summed E-state index contributed by atoms with van der Waals surface area (Å²) in [7, 11) is 0. The number of nitrogens with zero attached hydrogens (tertiary/aromatic N) is 3. The van der Waals surface area contributed by atoms with Gasteiger partial charge in [0.2, 0.25) is 0 Å². The van der Waals surface area contributed by atoms with Crippen LogP contribution in [0.5, 0.6) is 0 Å².